The van der Waals surface area contributed by atoms with Gasteiger partial charge < -0.3 is 20.3 Å². The predicted molar refractivity (Wildman–Crippen MR) is 130 cm³/mol. The zero-order chi connectivity index (χ0) is 20.4. The fourth-order valence-corrected chi connectivity index (χ4v) is 3.94. The molecule has 1 amide bonds. The van der Waals surface area contributed by atoms with Gasteiger partial charge in [0.05, 0.1) is 13.2 Å². The summed E-state index contributed by atoms with van der Waals surface area (Å²) in [5.41, 5.74) is 0. The van der Waals surface area contributed by atoms with Gasteiger partial charge in [-0.1, -0.05) is 33.1 Å². The second kappa shape index (κ2) is 14.4. The van der Waals surface area contributed by atoms with Gasteiger partial charge in [0.25, 0.3) is 0 Å². The number of hydrogen-bond donors (Lipinski definition) is 2. The number of rotatable bonds is 8. The molecule has 1 saturated carbocycles. The second-order valence-corrected chi connectivity index (χ2v) is 8.74. The molecule has 0 spiro atoms. The highest BCUT2D eigenvalue weighted by atomic mass is 127. The summed E-state index contributed by atoms with van der Waals surface area (Å²) in [4.78, 5) is 20.7. The Hall–Kier alpha value is -0.610. The van der Waals surface area contributed by atoms with Crippen LogP contribution in [0.1, 0.15) is 52.4 Å². The number of aliphatic imine (C=N–C) groups is 1. The molecule has 0 bridgehead atoms. The second-order valence-electron chi connectivity index (χ2n) is 8.74. The van der Waals surface area contributed by atoms with Crippen LogP contribution in [-0.4, -0.2) is 87.2 Å². The van der Waals surface area contributed by atoms with Crippen molar-refractivity contribution in [3.63, 3.8) is 0 Å². The molecular formula is C21H42IN5O2. The van der Waals surface area contributed by atoms with Crippen LogP contribution in [-0.2, 0) is 9.53 Å². The van der Waals surface area contributed by atoms with Crippen molar-refractivity contribution >= 4 is 35.8 Å². The first-order chi connectivity index (χ1) is 13.5. The summed E-state index contributed by atoms with van der Waals surface area (Å²) in [7, 11) is 3.55. The summed E-state index contributed by atoms with van der Waals surface area (Å²) in [6.45, 7) is 9.17. The summed E-state index contributed by atoms with van der Waals surface area (Å²) >= 11 is 0. The van der Waals surface area contributed by atoms with Gasteiger partial charge >= 0.3 is 0 Å². The number of nitrogens with one attached hydrogen (secondary N) is 2. The molecule has 29 heavy (non-hydrogen) atoms. The van der Waals surface area contributed by atoms with E-state index in [1.807, 2.05) is 0 Å². The lowest BCUT2D eigenvalue weighted by Gasteiger charge is -2.36. The van der Waals surface area contributed by atoms with Crippen LogP contribution in [0.25, 0.3) is 0 Å². The smallest absolute Gasteiger partial charge is 0.243 e. The predicted octanol–water partition coefficient (Wildman–Crippen LogP) is 2.31. The van der Waals surface area contributed by atoms with Crippen molar-refractivity contribution in [2.75, 3.05) is 53.5 Å². The SMILES string of the molecule is CC(C)CC(CNC(=NCC(=O)N(C)C)NC1CCCCC1)N1CCOCC1.I. The average Bonchev–Trinajstić information content (AvgIpc) is 2.69. The van der Waals surface area contributed by atoms with Crippen molar-refractivity contribution in [2.24, 2.45) is 10.9 Å². The van der Waals surface area contributed by atoms with E-state index < -0.39 is 0 Å². The van der Waals surface area contributed by atoms with Crippen molar-refractivity contribution in [2.45, 2.75) is 64.5 Å². The molecule has 1 atom stereocenters. The largest absolute Gasteiger partial charge is 0.379 e. The van der Waals surface area contributed by atoms with Crippen molar-refractivity contribution in [3.8, 4) is 0 Å². The molecular weight excluding hydrogens is 481 g/mol. The molecule has 1 unspecified atom stereocenters. The van der Waals surface area contributed by atoms with Crippen LogP contribution in [0, 0.1) is 5.92 Å². The number of nitrogens with zero attached hydrogens (tertiary/aromatic N) is 3. The number of halogens is 1. The van der Waals surface area contributed by atoms with Crippen LogP contribution in [0.15, 0.2) is 4.99 Å². The van der Waals surface area contributed by atoms with E-state index in [-0.39, 0.29) is 36.4 Å². The Morgan fingerprint density at radius 3 is 2.41 bits per heavy atom. The fraction of sp³-hybridized carbons (Fsp3) is 0.905. The first-order valence-electron chi connectivity index (χ1n) is 11.0. The number of ether oxygens (including phenoxy) is 1. The van der Waals surface area contributed by atoms with E-state index in [1.165, 1.54) is 32.1 Å². The van der Waals surface area contributed by atoms with E-state index in [4.69, 9.17) is 4.74 Å². The molecule has 1 aliphatic carbocycles. The minimum atomic E-state index is 0. The average molecular weight is 524 g/mol. The minimum absolute atomic E-state index is 0. The summed E-state index contributed by atoms with van der Waals surface area (Å²) in [6, 6.07) is 0.910. The Morgan fingerprint density at radius 1 is 1.17 bits per heavy atom. The van der Waals surface area contributed by atoms with Gasteiger partial charge in [0.15, 0.2) is 5.96 Å². The zero-order valence-corrected chi connectivity index (χ0v) is 21.1. The van der Waals surface area contributed by atoms with Crippen molar-refractivity contribution in [3.05, 3.63) is 0 Å². The number of amides is 1. The number of hydrogen-bond acceptors (Lipinski definition) is 4. The lowest BCUT2D eigenvalue weighted by atomic mass is 9.96. The molecule has 0 aromatic rings. The number of guanidine groups is 1. The van der Waals surface area contributed by atoms with Gasteiger partial charge in [-0.05, 0) is 25.2 Å². The van der Waals surface area contributed by atoms with E-state index in [0.29, 0.717) is 18.0 Å². The Balaban J connectivity index is 0.00000420. The molecule has 1 saturated heterocycles. The number of carbonyl (C=O) groups excluding carboxylic acids is 1. The van der Waals surface area contributed by atoms with Crippen LogP contribution in [0.5, 0.6) is 0 Å². The molecule has 0 aromatic carbocycles. The molecule has 2 rings (SSSR count). The maximum Gasteiger partial charge on any atom is 0.243 e. The van der Waals surface area contributed by atoms with E-state index in [2.05, 4.69) is 34.4 Å². The minimum Gasteiger partial charge on any atom is -0.379 e. The van der Waals surface area contributed by atoms with Gasteiger partial charge in [0.2, 0.25) is 5.91 Å². The summed E-state index contributed by atoms with van der Waals surface area (Å²) in [5.74, 6) is 1.44. The van der Waals surface area contributed by atoms with Gasteiger partial charge in [-0.25, -0.2) is 4.99 Å². The fourth-order valence-electron chi connectivity index (χ4n) is 3.94. The Bertz CT molecular complexity index is 489. The summed E-state index contributed by atoms with van der Waals surface area (Å²) < 4.78 is 5.53. The van der Waals surface area contributed by atoms with Gasteiger partial charge in [0.1, 0.15) is 6.54 Å². The Morgan fingerprint density at radius 2 is 1.83 bits per heavy atom. The number of morpholine rings is 1. The van der Waals surface area contributed by atoms with Crippen LogP contribution >= 0.6 is 24.0 Å². The number of likely N-dealkylation sites (N-methyl/N-ethyl adjacent to an activating group) is 1. The molecule has 2 aliphatic rings. The van der Waals surface area contributed by atoms with E-state index in [1.54, 1.807) is 19.0 Å². The molecule has 8 heteroatoms. The van der Waals surface area contributed by atoms with Gasteiger partial charge in [-0.15, -0.1) is 24.0 Å². The third kappa shape index (κ3) is 10.3. The van der Waals surface area contributed by atoms with Crippen LogP contribution in [0.3, 0.4) is 0 Å². The van der Waals surface area contributed by atoms with Crippen molar-refractivity contribution in [1.82, 2.24) is 20.4 Å². The van der Waals surface area contributed by atoms with Crippen molar-refractivity contribution in [1.29, 1.82) is 0 Å². The third-order valence-corrected chi connectivity index (χ3v) is 5.63. The lowest BCUT2D eigenvalue weighted by molar-refractivity contribution is -0.127. The molecule has 7 nitrogen and oxygen atoms in total. The maximum absolute atomic E-state index is 12.0. The molecule has 1 aliphatic heterocycles. The highest BCUT2D eigenvalue weighted by Gasteiger charge is 2.23. The summed E-state index contributed by atoms with van der Waals surface area (Å²) in [6.07, 6.45) is 7.37. The maximum atomic E-state index is 12.0. The van der Waals surface area contributed by atoms with E-state index >= 15 is 0 Å². The van der Waals surface area contributed by atoms with Gasteiger partial charge in [0, 0.05) is 45.8 Å². The molecule has 0 radical (unpaired) electrons. The van der Waals surface area contributed by atoms with Crippen LogP contribution in [0.4, 0.5) is 0 Å². The normalized spacial score (nSPS) is 20.1. The molecule has 2 fully saturated rings. The molecule has 1 heterocycles. The van der Waals surface area contributed by atoms with Gasteiger partial charge in [-0.2, -0.15) is 0 Å². The van der Waals surface area contributed by atoms with Crippen LogP contribution < -0.4 is 10.6 Å². The highest BCUT2D eigenvalue weighted by Crippen LogP contribution is 2.17. The Labute approximate surface area is 194 Å². The zero-order valence-electron chi connectivity index (χ0n) is 18.8. The first-order valence-corrected chi connectivity index (χ1v) is 11.0. The third-order valence-electron chi connectivity index (χ3n) is 5.63. The van der Waals surface area contributed by atoms with E-state index in [0.717, 1.165) is 45.2 Å². The van der Waals surface area contributed by atoms with E-state index in [9.17, 15) is 4.79 Å². The standard InChI is InChI=1S/C21H41N5O2.HI/c1-17(2)14-19(26-10-12-28-13-11-26)15-22-21(23-16-20(27)25(3)4)24-18-8-6-5-7-9-18;/h17-19H,5-16H2,1-4H3,(H2,22,23,24);1H. The van der Waals surface area contributed by atoms with Crippen molar-refractivity contribution < 1.29 is 9.53 Å². The summed E-state index contributed by atoms with van der Waals surface area (Å²) in [5, 5.41) is 7.14. The van der Waals surface area contributed by atoms with Crippen LogP contribution in [0.2, 0.25) is 0 Å². The monoisotopic (exact) mass is 523 g/mol. The topological polar surface area (TPSA) is 69.2 Å². The first kappa shape index (κ1) is 26.4. The number of carbonyl (C=O) groups is 1. The molecule has 170 valence electrons. The lowest BCUT2D eigenvalue weighted by Crippen LogP contribution is -2.52. The Kier molecular flexibility index (Phi) is 13.1. The quantitative estimate of drug-likeness (QED) is 0.291. The molecule has 2 N–H and O–H groups in total. The molecule has 0 aromatic heterocycles. The van der Waals surface area contributed by atoms with Gasteiger partial charge in [-0.3, -0.25) is 9.69 Å². The highest BCUT2D eigenvalue weighted by molar-refractivity contribution is 14.0.